The molecule has 2 aromatic rings. The molecule has 0 aliphatic heterocycles. The SMILES string of the molecule is Cc1nn(C)c(CS(=O)c2cc(C(=O)O)ccc2F)c1Br. The van der Waals surface area contributed by atoms with Gasteiger partial charge in [0, 0.05) is 7.05 Å². The maximum absolute atomic E-state index is 13.8. The summed E-state index contributed by atoms with van der Waals surface area (Å²) in [7, 11) is -0.00647. The van der Waals surface area contributed by atoms with Crippen molar-refractivity contribution in [2.75, 3.05) is 0 Å². The number of carboxylic acid groups (broad SMARTS) is 1. The van der Waals surface area contributed by atoms with Gasteiger partial charge in [-0.1, -0.05) is 0 Å². The summed E-state index contributed by atoms with van der Waals surface area (Å²) in [5.41, 5.74) is 1.30. The third-order valence-electron chi connectivity index (χ3n) is 2.95. The summed E-state index contributed by atoms with van der Waals surface area (Å²) in [4.78, 5) is 10.8. The van der Waals surface area contributed by atoms with E-state index in [9.17, 15) is 13.4 Å². The molecule has 8 heteroatoms. The topological polar surface area (TPSA) is 72.2 Å². The molecule has 0 radical (unpaired) electrons. The van der Waals surface area contributed by atoms with Crippen LogP contribution in [0.4, 0.5) is 4.39 Å². The Morgan fingerprint density at radius 3 is 2.71 bits per heavy atom. The molecule has 112 valence electrons. The molecular weight excluding hydrogens is 363 g/mol. The molecule has 21 heavy (non-hydrogen) atoms. The first-order valence-electron chi connectivity index (χ1n) is 5.90. The third-order valence-corrected chi connectivity index (χ3v) is 5.32. The van der Waals surface area contributed by atoms with Crippen molar-refractivity contribution in [2.45, 2.75) is 17.6 Å². The predicted octanol–water partition coefficient (Wildman–Crippen LogP) is 2.64. The molecule has 0 saturated carbocycles. The summed E-state index contributed by atoms with van der Waals surface area (Å²) >= 11 is 3.35. The summed E-state index contributed by atoms with van der Waals surface area (Å²) in [6.45, 7) is 1.79. The van der Waals surface area contributed by atoms with Gasteiger partial charge < -0.3 is 5.11 Å². The Balaban J connectivity index is 2.36. The van der Waals surface area contributed by atoms with E-state index in [1.54, 1.807) is 18.7 Å². The van der Waals surface area contributed by atoms with Crippen LogP contribution in [-0.4, -0.2) is 25.1 Å². The molecule has 0 fully saturated rings. The highest BCUT2D eigenvalue weighted by Gasteiger charge is 2.18. The van der Waals surface area contributed by atoms with Gasteiger partial charge in [0.2, 0.25) is 0 Å². The molecule has 1 N–H and O–H groups in total. The first-order chi connectivity index (χ1) is 9.81. The van der Waals surface area contributed by atoms with Crippen LogP contribution in [0.25, 0.3) is 0 Å². The minimum absolute atomic E-state index is 0.0396. The van der Waals surface area contributed by atoms with Crippen LogP contribution in [0.3, 0.4) is 0 Å². The molecule has 5 nitrogen and oxygen atoms in total. The quantitative estimate of drug-likeness (QED) is 0.892. The second kappa shape index (κ2) is 6.07. The molecule has 1 atom stereocenters. The number of carbonyl (C=O) groups is 1. The van der Waals surface area contributed by atoms with E-state index in [1.165, 1.54) is 0 Å². The highest BCUT2D eigenvalue weighted by molar-refractivity contribution is 9.10. The number of rotatable bonds is 4. The molecule has 0 aliphatic rings. The van der Waals surface area contributed by atoms with E-state index in [0.717, 1.165) is 23.9 Å². The number of benzene rings is 1. The van der Waals surface area contributed by atoms with Crippen molar-refractivity contribution in [3.63, 3.8) is 0 Å². The van der Waals surface area contributed by atoms with Crippen LogP contribution in [0.15, 0.2) is 27.6 Å². The number of nitrogens with zero attached hydrogens (tertiary/aromatic N) is 2. The van der Waals surface area contributed by atoms with E-state index in [2.05, 4.69) is 21.0 Å². The lowest BCUT2D eigenvalue weighted by atomic mass is 10.2. The van der Waals surface area contributed by atoms with Gasteiger partial charge >= 0.3 is 5.97 Å². The first kappa shape index (κ1) is 15.8. The van der Waals surface area contributed by atoms with Crippen LogP contribution >= 0.6 is 15.9 Å². The summed E-state index contributed by atoms with van der Waals surface area (Å²) < 4.78 is 28.4. The fraction of sp³-hybridized carbons (Fsp3) is 0.231. The number of halogens is 2. The zero-order chi connectivity index (χ0) is 15.7. The maximum atomic E-state index is 13.8. The summed E-state index contributed by atoms with van der Waals surface area (Å²) in [5, 5.41) is 13.1. The zero-order valence-corrected chi connectivity index (χ0v) is 13.7. The Labute approximate surface area is 131 Å². The van der Waals surface area contributed by atoms with Crippen molar-refractivity contribution in [3.05, 3.63) is 45.4 Å². The Hall–Kier alpha value is -1.54. The Bertz CT molecular complexity index is 745. The Kier molecular flexibility index (Phi) is 4.58. The van der Waals surface area contributed by atoms with Crippen LogP contribution in [0.1, 0.15) is 21.7 Å². The standard InChI is InChI=1S/C13H12BrFN2O3S/c1-7-12(14)10(17(2)16-7)6-21(20)11-5-8(13(18)19)3-4-9(11)15/h3-5H,6H2,1-2H3,(H,18,19). The van der Waals surface area contributed by atoms with E-state index < -0.39 is 22.6 Å². The second-order valence-corrected chi connectivity index (χ2v) is 6.62. The van der Waals surface area contributed by atoms with Crippen molar-refractivity contribution in [1.29, 1.82) is 0 Å². The predicted molar refractivity (Wildman–Crippen MR) is 79.1 cm³/mol. The summed E-state index contributed by atoms with van der Waals surface area (Å²) in [6.07, 6.45) is 0. The highest BCUT2D eigenvalue weighted by Crippen LogP contribution is 2.24. The lowest BCUT2D eigenvalue weighted by Gasteiger charge is -2.06. The molecule has 0 spiro atoms. The van der Waals surface area contributed by atoms with Crippen LogP contribution in [0.2, 0.25) is 0 Å². The minimum Gasteiger partial charge on any atom is -0.478 e. The Morgan fingerprint density at radius 1 is 1.52 bits per heavy atom. The average Bonchev–Trinajstić information content (AvgIpc) is 2.65. The lowest BCUT2D eigenvalue weighted by molar-refractivity contribution is 0.0696. The molecule has 0 saturated heterocycles. The zero-order valence-electron chi connectivity index (χ0n) is 11.3. The van der Waals surface area contributed by atoms with E-state index in [-0.39, 0.29) is 16.2 Å². The molecule has 0 aliphatic carbocycles. The normalized spacial score (nSPS) is 12.4. The van der Waals surface area contributed by atoms with Gasteiger partial charge in [-0.2, -0.15) is 5.10 Å². The van der Waals surface area contributed by atoms with Crippen molar-refractivity contribution in [1.82, 2.24) is 9.78 Å². The van der Waals surface area contributed by atoms with Gasteiger partial charge in [-0.3, -0.25) is 8.89 Å². The van der Waals surface area contributed by atoms with E-state index in [1.807, 2.05) is 0 Å². The maximum Gasteiger partial charge on any atom is 0.335 e. The number of carboxylic acids is 1. The molecular formula is C13H12BrFN2O3S. The van der Waals surface area contributed by atoms with Crippen LogP contribution in [0, 0.1) is 12.7 Å². The van der Waals surface area contributed by atoms with Crippen molar-refractivity contribution >= 4 is 32.7 Å². The van der Waals surface area contributed by atoms with Crippen molar-refractivity contribution in [2.24, 2.45) is 7.05 Å². The summed E-state index contributed by atoms with van der Waals surface area (Å²) in [5.74, 6) is -1.84. The van der Waals surface area contributed by atoms with Gasteiger partial charge in [0.1, 0.15) is 5.82 Å². The molecule has 0 amide bonds. The number of aryl methyl sites for hydroxylation is 2. The van der Waals surface area contributed by atoms with E-state index in [0.29, 0.717) is 10.2 Å². The fourth-order valence-corrected chi connectivity index (χ4v) is 3.79. The van der Waals surface area contributed by atoms with E-state index in [4.69, 9.17) is 5.11 Å². The second-order valence-electron chi connectivity index (χ2n) is 4.41. The van der Waals surface area contributed by atoms with Gasteiger partial charge in [-0.25, -0.2) is 9.18 Å². The van der Waals surface area contributed by atoms with Crippen LogP contribution < -0.4 is 0 Å². The van der Waals surface area contributed by atoms with Crippen molar-refractivity contribution < 1.29 is 18.5 Å². The molecule has 0 bridgehead atoms. The number of aromatic carboxylic acids is 1. The molecule has 2 rings (SSSR count). The number of aromatic nitrogens is 2. The molecule has 1 aromatic heterocycles. The fourth-order valence-electron chi connectivity index (χ4n) is 1.85. The third kappa shape index (κ3) is 3.21. The Morgan fingerprint density at radius 2 is 2.19 bits per heavy atom. The molecule has 1 heterocycles. The number of hydrogen-bond donors (Lipinski definition) is 1. The van der Waals surface area contributed by atoms with Gasteiger partial charge in [0.15, 0.2) is 0 Å². The van der Waals surface area contributed by atoms with Crippen LogP contribution in [-0.2, 0) is 23.6 Å². The van der Waals surface area contributed by atoms with Gasteiger partial charge in [0.25, 0.3) is 0 Å². The number of hydrogen-bond acceptors (Lipinski definition) is 3. The largest absolute Gasteiger partial charge is 0.478 e. The monoisotopic (exact) mass is 374 g/mol. The minimum atomic E-state index is -1.71. The lowest BCUT2D eigenvalue weighted by Crippen LogP contribution is -2.07. The highest BCUT2D eigenvalue weighted by atomic mass is 79.9. The molecule has 1 aromatic carbocycles. The van der Waals surface area contributed by atoms with Crippen LogP contribution in [0.5, 0.6) is 0 Å². The smallest absolute Gasteiger partial charge is 0.335 e. The van der Waals surface area contributed by atoms with Gasteiger partial charge in [0.05, 0.1) is 42.9 Å². The van der Waals surface area contributed by atoms with E-state index >= 15 is 0 Å². The van der Waals surface area contributed by atoms with Crippen molar-refractivity contribution in [3.8, 4) is 0 Å². The van der Waals surface area contributed by atoms with Gasteiger partial charge in [-0.15, -0.1) is 0 Å². The van der Waals surface area contributed by atoms with Gasteiger partial charge in [-0.05, 0) is 41.1 Å². The molecule has 1 unspecified atom stereocenters. The summed E-state index contributed by atoms with van der Waals surface area (Å²) in [6, 6.07) is 3.26. The first-order valence-corrected chi connectivity index (χ1v) is 8.01. The average molecular weight is 375 g/mol.